The number of ether oxygens (including phenoxy) is 1. The first kappa shape index (κ1) is 10.4. The summed E-state index contributed by atoms with van der Waals surface area (Å²) >= 11 is 0. The molecule has 1 aliphatic rings. The second-order valence-corrected chi connectivity index (χ2v) is 3.63. The molecule has 76 valence electrons. The molecule has 0 aliphatic carbocycles. The summed E-state index contributed by atoms with van der Waals surface area (Å²) in [7, 11) is 0. The average Bonchev–Trinajstić information content (AvgIpc) is 2.48. The quantitative estimate of drug-likeness (QED) is 0.719. The molecule has 1 heterocycles. The molecule has 1 unspecified atom stereocenters. The molecular weight excluding hydrogens is 180 g/mol. The molecule has 1 saturated heterocycles. The standard InChI is InChI=1S/C8H13F2NO2/c1-8(2-3-13-5-8)4-11-7(12)6(9)10/h6H,2-5H2,1H3,(H,11,12). The van der Waals surface area contributed by atoms with Gasteiger partial charge < -0.3 is 10.1 Å². The molecule has 1 amide bonds. The molecule has 3 nitrogen and oxygen atoms in total. The van der Waals surface area contributed by atoms with Gasteiger partial charge in [0.05, 0.1) is 6.61 Å². The number of hydrogen-bond donors (Lipinski definition) is 1. The molecule has 1 N–H and O–H groups in total. The van der Waals surface area contributed by atoms with Gasteiger partial charge in [0.25, 0.3) is 5.91 Å². The lowest BCUT2D eigenvalue weighted by Gasteiger charge is -2.21. The zero-order chi connectivity index (χ0) is 9.90. The van der Waals surface area contributed by atoms with Gasteiger partial charge in [-0.05, 0) is 6.42 Å². The number of amides is 1. The van der Waals surface area contributed by atoms with Crippen LogP contribution in [-0.4, -0.2) is 32.1 Å². The van der Waals surface area contributed by atoms with E-state index in [4.69, 9.17) is 4.74 Å². The van der Waals surface area contributed by atoms with E-state index in [1.807, 2.05) is 6.92 Å². The molecule has 0 bridgehead atoms. The molecule has 0 radical (unpaired) electrons. The van der Waals surface area contributed by atoms with Crippen LogP contribution in [0, 0.1) is 5.41 Å². The first-order chi connectivity index (χ1) is 6.03. The van der Waals surface area contributed by atoms with Crippen molar-refractivity contribution >= 4 is 5.91 Å². The summed E-state index contributed by atoms with van der Waals surface area (Å²) < 4.78 is 28.7. The van der Waals surface area contributed by atoms with Gasteiger partial charge in [0.1, 0.15) is 0 Å². The number of alkyl halides is 2. The minimum Gasteiger partial charge on any atom is -0.381 e. The van der Waals surface area contributed by atoms with Crippen molar-refractivity contribution in [3.8, 4) is 0 Å². The van der Waals surface area contributed by atoms with Crippen LogP contribution in [-0.2, 0) is 9.53 Å². The average molecular weight is 193 g/mol. The van der Waals surface area contributed by atoms with Crippen LogP contribution >= 0.6 is 0 Å². The number of halogens is 2. The highest BCUT2D eigenvalue weighted by molar-refractivity contribution is 5.79. The monoisotopic (exact) mass is 193 g/mol. The van der Waals surface area contributed by atoms with Crippen LogP contribution in [0.4, 0.5) is 8.78 Å². The van der Waals surface area contributed by atoms with Crippen molar-refractivity contribution in [2.45, 2.75) is 19.8 Å². The van der Waals surface area contributed by atoms with Crippen molar-refractivity contribution in [2.24, 2.45) is 5.41 Å². The molecule has 1 aliphatic heterocycles. The molecule has 5 heteroatoms. The molecule has 1 fully saturated rings. The van der Waals surface area contributed by atoms with E-state index in [0.29, 0.717) is 13.2 Å². The summed E-state index contributed by atoms with van der Waals surface area (Å²) in [6, 6.07) is 0. The number of carbonyl (C=O) groups is 1. The highest BCUT2D eigenvalue weighted by atomic mass is 19.3. The van der Waals surface area contributed by atoms with Gasteiger partial charge in [-0.25, -0.2) is 0 Å². The number of rotatable bonds is 3. The van der Waals surface area contributed by atoms with Crippen molar-refractivity contribution in [2.75, 3.05) is 19.8 Å². The summed E-state index contributed by atoms with van der Waals surface area (Å²) in [5.74, 6) is -1.20. The maximum absolute atomic E-state index is 11.8. The van der Waals surface area contributed by atoms with Crippen LogP contribution in [0.25, 0.3) is 0 Å². The minimum absolute atomic E-state index is 0.176. The van der Waals surface area contributed by atoms with E-state index in [9.17, 15) is 13.6 Å². The van der Waals surface area contributed by atoms with Gasteiger partial charge in [0.2, 0.25) is 0 Å². The lowest BCUT2D eigenvalue weighted by Crippen LogP contribution is -2.38. The maximum atomic E-state index is 11.8. The Labute approximate surface area is 75.4 Å². The second kappa shape index (κ2) is 4.00. The molecular formula is C8H13F2NO2. The van der Waals surface area contributed by atoms with Crippen LogP contribution in [0.5, 0.6) is 0 Å². The fourth-order valence-corrected chi connectivity index (χ4v) is 1.23. The lowest BCUT2D eigenvalue weighted by atomic mass is 9.90. The minimum atomic E-state index is -2.93. The van der Waals surface area contributed by atoms with Crippen molar-refractivity contribution in [1.29, 1.82) is 0 Å². The smallest absolute Gasteiger partial charge is 0.315 e. The normalized spacial score (nSPS) is 28.0. The Morgan fingerprint density at radius 1 is 1.69 bits per heavy atom. The van der Waals surface area contributed by atoms with Crippen LogP contribution < -0.4 is 5.32 Å². The van der Waals surface area contributed by atoms with Gasteiger partial charge in [0, 0.05) is 18.6 Å². The molecule has 13 heavy (non-hydrogen) atoms. The third-order valence-corrected chi connectivity index (χ3v) is 2.19. The number of carbonyl (C=O) groups excluding carboxylic acids is 1. The lowest BCUT2D eigenvalue weighted by molar-refractivity contribution is -0.132. The molecule has 1 rings (SSSR count). The Morgan fingerprint density at radius 3 is 2.85 bits per heavy atom. The van der Waals surface area contributed by atoms with E-state index in [0.717, 1.165) is 6.42 Å². The summed E-state index contributed by atoms with van der Waals surface area (Å²) in [5.41, 5.74) is -0.176. The predicted molar refractivity (Wildman–Crippen MR) is 42.6 cm³/mol. The fraction of sp³-hybridized carbons (Fsp3) is 0.875. The highest BCUT2D eigenvalue weighted by Gasteiger charge is 2.30. The number of nitrogens with one attached hydrogen (secondary N) is 1. The third kappa shape index (κ3) is 2.91. The van der Waals surface area contributed by atoms with Crippen molar-refractivity contribution < 1.29 is 18.3 Å². The van der Waals surface area contributed by atoms with Crippen LogP contribution in [0.2, 0.25) is 0 Å². The van der Waals surface area contributed by atoms with Gasteiger partial charge in [-0.1, -0.05) is 6.92 Å². The molecule has 0 aromatic heterocycles. The Hall–Kier alpha value is -0.710. The Balaban J connectivity index is 2.29. The van der Waals surface area contributed by atoms with Crippen molar-refractivity contribution in [3.05, 3.63) is 0 Å². The van der Waals surface area contributed by atoms with E-state index in [1.165, 1.54) is 0 Å². The van der Waals surface area contributed by atoms with E-state index in [2.05, 4.69) is 5.32 Å². The van der Waals surface area contributed by atoms with E-state index < -0.39 is 12.3 Å². The second-order valence-electron chi connectivity index (χ2n) is 3.63. The van der Waals surface area contributed by atoms with Crippen molar-refractivity contribution in [3.63, 3.8) is 0 Å². The van der Waals surface area contributed by atoms with Gasteiger partial charge in [-0.3, -0.25) is 4.79 Å². The Kier molecular flexibility index (Phi) is 3.19. The topological polar surface area (TPSA) is 38.3 Å². The first-order valence-electron chi connectivity index (χ1n) is 4.17. The largest absolute Gasteiger partial charge is 0.381 e. The fourth-order valence-electron chi connectivity index (χ4n) is 1.23. The van der Waals surface area contributed by atoms with Gasteiger partial charge >= 0.3 is 6.43 Å². The highest BCUT2D eigenvalue weighted by Crippen LogP contribution is 2.26. The van der Waals surface area contributed by atoms with E-state index in [1.54, 1.807) is 0 Å². The third-order valence-electron chi connectivity index (χ3n) is 2.19. The van der Waals surface area contributed by atoms with Crippen LogP contribution in [0.3, 0.4) is 0 Å². The summed E-state index contributed by atoms with van der Waals surface area (Å²) in [4.78, 5) is 10.5. The Morgan fingerprint density at radius 2 is 2.38 bits per heavy atom. The van der Waals surface area contributed by atoms with Crippen molar-refractivity contribution in [1.82, 2.24) is 5.32 Å². The molecule has 0 spiro atoms. The summed E-state index contributed by atoms with van der Waals surface area (Å²) in [6.45, 7) is 3.33. The van der Waals surface area contributed by atoms with Gasteiger partial charge in [-0.15, -0.1) is 0 Å². The van der Waals surface area contributed by atoms with Crippen LogP contribution in [0.1, 0.15) is 13.3 Å². The molecule has 1 atom stereocenters. The Bertz CT molecular complexity index is 191. The molecule has 0 saturated carbocycles. The molecule has 0 aromatic rings. The predicted octanol–water partition coefficient (Wildman–Crippen LogP) is 0.794. The van der Waals surface area contributed by atoms with Gasteiger partial charge in [0.15, 0.2) is 0 Å². The summed E-state index contributed by atoms with van der Waals surface area (Å²) in [5, 5.41) is 2.20. The van der Waals surface area contributed by atoms with E-state index >= 15 is 0 Å². The van der Waals surface area contributed by atoms with Gasteiger partial charge in [-0.2, -0.15) is 8.78 Å². The first-order valence-corrected chi connectivity index (χ1v) is 4.17. The maximum Gasteiger partial charge on any atom is 0.315 e. The number of hydrogen-bond acceptors (Lipinski definition) is 2. The van der Waals surface area contributed by atoms with E-state index in [-0.39, 0.29) is 12.0 Å². The van der Waals surface area contributed by atoms with Crippen LogP contribution in [0.15, 0.2) is 0 Å². The SMILES string of the molecule is CC1(CNC(=O)C(F)F)CCOC1. The zero-order valence-electron chi connectivity index (χ0n) is 7.48. The zero-order valence-corrected chi connectivity index (χ0v) is 7.48. The summed E-state index contributed by atoms with van der Waals surface area (Å²) in [6.07, 6.45) is -2.12. The molecule has 0 aromatic carbocycles.